The van der Waals surface area contributed by atoms with E-state index in [0.29, 0.717) is 31.7 Å². The minimum atomic E-state index is -0.219. The predicted octanol–water partition coefficient (Wildman–Crippen LogP) is 0.452. The van der Waals surface area contributed by atoms with Crippen molar-refractivity contribution < 1.29 is 9.90 Å². The molecule has 2 aliphatic heterocycles. The van der Waals surface area contributed by atoms with Gasteiger partial charge in [0.2, 0.25) is 5.91 Å². The van der Waals surface area contributed by atoms with E-state index in [1.54, 1.807) is 0 Å². The van der Waals surface area contributed by atoms with E-state index in [1.165, 1.54) is 6.42 Å². The summed E-state index contributed by atoms with van der Waals surface area (Å²) in [4.78, 5) is 16.2. The molecule has 1 amide bonds. The molecule has 0 saturated carbocycles. The fourth-order valence-corrected chi connectivity index (χ4v) is 2.86. The van der Waals surface area contributed by atoms with Gasteiger partial charge in [-0.3, -0.25) is 9.69 Å². The summed E-state index contributed by atoms with van der Waals surface area (Å²) < 4.78 is 0. The van der Waals surface area contributed by atoms with Crippen molar-refractivity contribution in [2.75, 3.05) is 19.6 Å². The Labute approximate surface area is 97.2 Å². The zero-order valence-electron chi connectivity index (χ0n) is 10.2. The van der Waals surface area contributed by atoms with Gasteiger partial charge in [0.15, 0.2) is 0 Å². The van der Waals surface area contributed by atoms with Gasteiger partial charge < -0.3 is 10.0 Å². The molecule has 0 radical (unpaired) electrons. The van der Waals surface area contributed by atoms with Crippen LogP contribution in [-0.4, -0.2) is 58.6 Å². The molecule has 2 fully saturated rings. The van der Waals surface area contributed by atoms with Gasteiger partial charge in [-0.25, -0.2) is 0 Å². The van der Waals surface area contributed by atoms with Gasteiger partial charge in [-0.15, -0.1) is 0 Å². The maximum atomic E-state index is 12.1. The Bertz CT molecular complexity index is 254. The molecule has 1 N–H and O–H groups in total. The minimum absolute atomic E-state index is 0.219. The summed E-state index contributed by atoms with van der Waals surface area (Å²) in [5.74, 6) is 0.228. The molecular formula is C12H22N2O2. The smallest absolute Gasteiger partial charge is 0.237 e. The SMILES string of the molecule is CC1CCCC(C)N1C(=O)CN1CC(O)C1. The minimum Gasteiger partial charge on any atom is -0.390 e. The summed E-state index contributed by atoms with van der Waals surface area (Å²) in [6.45, 7) is 6.06. The summed E-state index contributed by atoms with van der Waals surface area (Å²) in [7, 11) is 0. The van der Waals surface area contributed by atoms with E-state index in [9.17, 15) is 9.90 Å². The number of carbonyl (C=O) groups excluding carboxylic acids is 1. The van der Waals surface area contributed by atoms with Crippen molar-refractivity contribution in [1.82, 2.24) is 9.80 Å². The van der Waals surface area contributed by atoms with E-state index >= 15 is 0 Å². The monoisotopic (exact) mass is 226 g/mol. The Balaban J connectivity index is 1.87. The highest BCUT2D eigenvalue weighted by Gasteiger charge is 2.32. The molecule has 0 aromatic rings. The Hall–Kier alpha value is -0.610. The summed E-state index contributed by atoms with van der Waals surface area (Å²) in [5.41, 5.74) is 0. The maximum Gasteiger partial charge on any atom is 0.237 e. The van der Waals surface area contributed by atoms with Gasteiger partial charge >= 0.3 is 0 Å². The first kappa shape index (κ1) is 11.9. The van der Waals surface area contributed by atoms with Gasteiger partial charge in [0.25, 0.3) is 0 Å². The first-order valence-electron chi connectivity index (χ1n) is 6.29. The molecule has 0 spiro atoms. The maximum absolute atomic E-state index is 12.1. The first-order valence-corrected chi connectivity index (χ1v) is 6.29. The van der Waals surface area contributed by atoms with E-state index in [-0.39, 0.29) is 12.0 Å². The van der Waals surface area contributed by atoms with E-state index in [2.05, 4.69) is 13.8 Å². The van der Waals surface area contributed by atoms with Crippen LogP contribution in [0.4, 0.5) is 0 Å². The van der Waals surface area contributed by atoms with Crippen molar-refractivity contribution in [3.05, 3.63) is 0 Å². The number of aliphatic hydroxyl groups is 1. The highest BCUT2D eigenvalue weighted by atomic mass is 16.3. The average Bonchev–Trinajstić information content (AvgIpc) is 2.15. The fraction of sp³-hybridized carbons (Fsp3) is 0.917. The third kappa shape index (κ3) is 2.38. The highest BCUT2D eigenvalue weighted by molar-refractivity contribution is 5.79. The number of rotatable bonds is 2. The molecule has 2 heterocycles. The molecule has 0 aliphatic carbocycles. The van der Waals surface area contributed by atoms with Crippen LogP contribution in [0.2, 0.25) is 0 Å². The number of hydrogen-bond acceptors (Lipinski definition) is 3. The number of nitrogens with zero attached hydrogens (tertiary/aromatic N) is 2. The standard InChI is InChI=1S/C12H22N2O2/c1-9-4-3-5-10(2)14(9)12(16)8-13-6-11(15)7-13/h9-11,15H,3-8H2,1-2H3. The topological polar surface area (TPSA) is 43.8 Å². The largest absolute Gasteiger partial charge is 0.390 e. The number of hydrogen-bond donors (Lipinski definition) is 1. The van der Waals surface area contributed by atoms with Crippen molar-refractivity contribution in [2.45, 2.75) is 51.3 Å². The molecular weight excluding hydrogens is 204 g/mol. The Kier molecular flexibility index (Phi) is 3.50. The molecule has 2 unspecified atom stereocenters. The Morgan fingerprint density at radius 3 is 2.31 bits per heavy atom. The number of amides is 1. The second kappa shape index (κ2) is 4.72. The van der Waals surface area contributed by atoms with Crippen LogP contribution >= 0.6 is 0 Å². The van der Waals surface area contributed by atoms with Crippen LogP contribution in [0, 0.1) is 0 Å². The van der Waals surface area contributed by atoms with Gasteiger partial charge in [-0.2, -0.15) is 0 Å². The zero-order valence-corrected chi connectivity index (χ0v) is 10.2. The second-order valence-corrected chi connectivity index (χ2v) is 5.28. The van der Waals surface area contributed by atoms with Gasteiger partial charge in [0, 0.05) is 25.2 Å². The van der Waals surface area contributed by atoms with Crippen LogP contribution in [0.15, 0.2) is 0 Å². The van der Waals surface area contributed by atoms with Crippen LogP contribution in [-0.2, 0) is 4.79 Å². The molecule has 0 aromatic carbocycles. The lowest BCUT2D eigenvalue weighted by molar-refractivity contribution is -0.141. The summed E-state index contributed by atoms with van der Waals surface area (Å²) in [5, 5.41) is 9.18. The predicted molar refractivity (Wildman–Crippen MR) is 62.1 cm³/mol. The lowest BCUT2D eigenvalue weighted by atomic mass is 9.97. The number of piperidine rings is 1. The fourth-order valence-electron chi connectivity index (χ4n) is 2.86. The van der Waals surface area contributed by atoms with E-state index in [4.69, 9.17) is 0 Å². The zero-order chi connectivity index (χ0) is 11.7. The molecule has 2 saturated heterocycles. The van der Waals surface area contributed by atoms with Crippen molar-refractivity contribution >= 4 is 5.91 Å². The van der Waals surface area contributed by atoms with E-state index in [0.717, 1.165) is 12.8 Å². The van der Waals surface area contributed by atoms with Gasteiger partial charge in [-0.1, -0.05) is 0 Å². The Morgan fingerprint density at radius 2 is 1.81 bits per heavy atom. The molecule has 2 aliphatic rings. The third-order valence-electron chi connectivity index (χ3n) is 3.78. The average molecular weight is 226 g/mol. The van der Waals surface area contributed by atoms with E-state index in [1.807, 2.05) is 9.80 Å². The van der Waals surface area contributed by atoms with Crippen LogP contribution < -0.4 is 0 Å². The number of aliphatic hydroxyl groups excluding tert-OH is 1. The summed E-state index contributed by atoms with van der Waals surface area (Å²) in [6.07, 6.45) is 3.26. The van der Waals surface area contributed by atoms with Gasteiger partial charge in [0.05, 0.1) is 12.6 Å². The normalized spacial score (nSPS) is 32.6. The van der Waals surface area contributed by atoms with Crippen molar-refractivity contribution in [1.29, 1.82) is 0 Å². The van der Waals surface area contributed by atoms with Gasteiger partial charge in [0.1, 0.15) is 0 Å². The molecule has 0 bridgehead atoms. The first-order chi connectivity index (χ1) is 7.58. The van der Waals surface area contributed by atoms with Gasteiger partial charge in [-0.05, 0) is 33.1 Å². The molecule has 2 atom stereocenters. The molecule has 2 rings (SSSR count). The second-order valence-electron chi connectivity index (χ2n) is 5.28. The lowest BCUT2D eigenvalue weighted by Crippen LogP contribution is -2.57. The molecule has 16 heavy (non-hydrogen) atoms. The number of likely N-dealkylation sites (tertiary alicyclic amines) is 2. The van der Waals surface area contributed by atoms with Crippen molar-refractivity contribution in [3.63, 3.8) is 0 Å². The number of β-amino-alcohol motifs (C(OH)–C–C–N with tert-alkyl or cyclic N) is 1. The van der Waals surface area contributed by atoms with E-state index < -0.39 is 0 Å². The Morgan fingerprint density at radius 1 is 1.25 bits per heavy atom. The van der Waals surface area contributed by atoms with Crippen molar-refractivity contribution in [2.24, 2.45) is 0 Å². The third-order valence-corrected chi connectivity index (χ3v) is 3.78. The summed E-state index contributed by atoms with van der Waals surface area (Å²) in [6, 6.07) is 0.755. The molecule has 92 valence electrons. The van der Waals surface area contributed by atoms with Crippen LogP contribution in [0.1, 0.15) is 33.1 Å². The molecule has 0 aromatic heterocycles. The van der Waals surface area contributed by atoms with Crippen molar-refractivity contribution in [3.8, 4) is 0 Å². The quantitative estimate of drug-likeness (QED) is 0.743. The lowest BCUT2D eigenvalue weighted by Gasteiger charge is -2.42. The molecule has 4 nitrogen and oxygen atoms in total. The summed E-state index contributed by atoms with van der Waals surface area (Å²) >= 11 is 0. The molecule has 4 heteroatoms. The van der Waals surface area contributed by atoms with Crippen LogP contribution in [0.5, 0.6) is 0 Å². The van der Waals surface area contributed by atoms with Crippen LogP contribution in [0.25, 0.3) is 0 Å². The van der Waals surface area contributed by atoms with Crippen LogP contribution in [0.3, 0.4) is 0 Å². The number of carbonyl (C=O) groups is 1. The highest BCUT2D eigenvalue weighted by Crippen LogP contribution is 2.23.